The first kappa shape index (κ1) is 52.6. The highest BCUT2D eigenvalue weighted by atomic mass is 16.6. The number of allylic oxidation sites excluding steroid dienone is 14. The molecule has 0 spiro atoms. The molecule has 6 nitrogen and oxygen atoms in total. The van der Waals surface area contributed by atoms with Crippen LogP contribution in [0.15, 0.2) is 85.1 Å². The van der Waals surface area contributed by atoms with E-state index in [9.17, 15) is 14.4 Å². The van der Waals surface area contributed by atoms with Crippen LogP contribution >= 0.6 is 0 Å². The lowest BCUT2D eigenvalue weighted by Crippen LogP contribution is -2.30. The number of hydrogen-bond donors (Lipinski definition) is 0. The molecule has 0 saturated carbocycles. The van der Waals surface area contributed by atoms with Gasteiger partial charge < -0.3 is 14.2 Å². The van der Waals surface area contributed by atoms with Gasteiger partial charge in [-0.1, -0.05) is 189 Å². The van der Waals surface area contributed by atoms with Gasteiger partial charge in [0.1, 0.15) is 13.2 Å². The predicted molar refractivity (Wildman–Crippen MR) is 237 cm³/mol. The van der Waals surface area contributed by atoms with E-state index in [1.54, 1.807) is 0 Å². The van der Waals surface area contributed by atoms with Crippen LogP contribution in [-0.2, 0) is 28.6 Å². The third-order valence-corrected chi connectivity index (χ3v) is 9.16. The van der Waals surface area contributed by atoms with Gasteiger partial charge in [-0.15, -0.1) is 0 Å². The maximum absolute atomic E-state index is 12.7. The molecule has 0 aliphatic rings. The van der Waals surface area contributed by atoms with Crippen LogP contribution < -0.4 is 0 Å². The first-order valence-electron chi connectivity index (χ1n) is 22.6. The molecule has 1 unspecified atom stereocenters. The van der Waals surface area contributed by atoms with Gasteiger partial charge in [0.15, 0.2) is 6.10 Å². The number of hydrogen-bond acceptors (Lipinski definition) is 6. The molecule has 0 N–H and O–H groups in total. The zero-order valence-electron chi connectivity index (χ0n) is 36.1. The van der Waals surface area contributed by atoms with Crippen molar-refractivity contribution in [1.29, 1.82) is 0 Å². The summed E-state index contributed by atoms with van der Waals surface area (Å²) < 4.78 is 16.5. The SMILES string of the molecule is CC/C=C\C/C=C\C/C=C\C/C=C\C/C=C\CCC(=O)OCC(COC(=O)CCCCCCCCCCC)OC(=O)CC/C=C\C/C=C\CCCCCCCC. The van der Waals surface area contributed by atoms with Gasteiger partial charge in [-0.3, -0.25) is 14.4 Å². The normalized spacial score (nSPS) is 12.8. The van der Waals surface area contributed by atoms with E-state index >= 15 is 0 Å². The van der Waals surface area contributed by atoms with Gasteiger partial charge in [0.05, 0.1) is 0 Å². The van der Waals surface area contributed by atoms with Crippen LogP contribution in [0.5, 0.6) is 0 Å². The fourth-order valence-electron chi connectivity index (χ4n) is 5.78. The summed E-state index contributed by atoms with van der Waals surface area (Å²) in [6.07, 6.45) is 55.9. The van der Waals surface area contributed by atoms with Crippen LogP contribution in [0.25, 0.3) is 0 Å². The third-order valence-electron chi connectivity index (χ3n) is 9.16. The molecule has 0 saturated heterocycles. The zero-order valence-corrected chi connectivity index (χ0v) is 36.1. The second kappa shape index (κ2) is 44.3. The molecule has 0 aliphatic carbocycles. The van der Waals surface area contributed by atoms with Crippen LogP contribution in [0.4, 0.5) is 0 Å². The fraction of sp³-hybridized carbons (Fsp3) is 0.660. The number of ether oxygens (including phenoxy) is 3. The summed E-state index contributed by atoms with van der Waals surface area (Å²) in [4.78, 5) is 37.6. The third kappa shape index (κ3) is 41.7. The number of unbranched alkanes of at least 4 members (excludes halogenated alkanes) is 14. The molecular formula is C50H82O6. The Labute approximate surface area is 344 Å². The molecule has 6 heteroatoms. The second-order valence-electron chi connectivity index (χ2n) is 14.6. The van der Waals surface area contributed by atoms with E-state index in [1.807, 2.05) is 18.2 Å². The monoisotopic (exact) mass is 779 g/mol. The average molecular weight is 779 g/mol. The summed E-state index contributed by atoms with van der Waals surface area (Å²) in [5.41, 5.74) is 0. The van der Waals surface area contributed by atoms with Crippen molar-refractivity contribution in [3.05, 3.63) is 85.1 Å². The summed E-state index contributed by atoms with van der Waals surface area (Å²) >= 11 is 0. The summed E-state index contributed by atoms with van der Waals surface area (Å²) in [5.74, 6) is -1.09. The van der Waals surface area contributed by atoms with Crippen molar-refractivity contribution in [2.45, 2.75) is 200 Å². The Hall–Kier alpha value is -3.41. The summed E-state index contributed by atoms with van der Waals surface area (Å²) in [5, 5.41) is 0. The van der Waals surface area contributed by atoms with Crippen molar-refractivity contribution >= 4 is 17.9 Å². The van der Waals surface area contributed by atoms with Gasteiger partial charge in [-0.2, -0.15) is 0 Å². The Balaban J connectivity index is 4.56. The Bertz CT molecular complexity index is 1120. The molecular weight excluding hydrogens is 697 g/mol. The highest BCUT2D eigenvalue weighted by Gasteiger charge is 2.19. The van der Waals surface area contributed by atoms with Crippen LogP contribution in [0.1, 0.15) is 194 Å². The molecule has 318 valence electrons. The highest BCUT2D eigenvalue weighted by Crippen LogP contribution is 2.12. The largest absolute Gasteiger partial charge is 0.462 e. The fourth-order valence-corrected chi connectivity index (χ4v) is 5.78. The van der Waals surface area contributed by atoms with Gasteiger partial charge >= 0.3 is 17.9 Å². The maximum Gasteiger partial charge on any atom is 0.306 e. The molecule has 56 heavy (non-hydrogen) atoms. The van der Waals surface area contributed by atoms with Crippen molar-refractivity contribution < 1.29 is 28.6 Å². The molecule has 0 aromatic carbocycles. The Morgan fingerprint density at radius 1 is 0.375 bits per heavy atom. The lowest BCUT2D eigenvalue weighted by molar-refractivity contribution is -0.166. The topological polar surface area (TPSA) is 78.9 Å². The Morgan fingerprint density at radius 2 is 0.732 bits per heavy atom. The van der Waals surface area contributed by atoms with Gasteiger partial charge in [-0.05, 0) is 70.6 Å². The standard InChI is InChI=1S/C50H82O6/c1-4-7-10-13-16-19-21-23-24-25-27-28-31-34-37-40-43-49(52)55-46-47(45-54-48(51)42-39-36-33-30-18-15-12-9-6-3)56-50(53)44-41-38-35-32-29-26-22-20-17-14-11-8-5-2/h7,10,16,19,23-24,26-29,34-35,37-38,47H,4-6,8-9,11-15,17-18,20-22,25,30-33,36,39-46H2,1-3H3/b10-7-,19-16-,24-23-,28-27-,29-26-,37-34-,38-35-. The quantitative estimate of drug-likeness (QED) is 0.0268. The number of carbonyl (C=O) groups excluding carboxylic acids is 3. The summed E-state index contributed by atoms with van der Waals surface area (Å²) in [6.45, 7) is 6.35. The van der Waals surface area contributed by atoms with Gasteiger partial charge in [0.25, 0.3) is 0 Å². The van der Waals surface area contributed by atoms with E-state index in [2.05, 4.69) is 87.6 Å². The Morgan fingerprint density at radius 3 is 1.20 bits per heavy atom. The number of esters is 3. The molecule has 0 bridgehead atoms. The van der Waals surface area contributed by atoms with Gasteiger partial charge in [0, 0.05) is 19.3 Å². The first-order chi connectivity index (χ1) is 27.5. The molecule has 1 atom stereocenters. The van der Waals surface area contributed by atoms with Crippen molar-refractivity contribution in [2.75, 3.05) is 13.2 Å². The molecule has 0 rings (SSSR count). The van der Waals surface area contributed by atoms with Crippen molar-refractivity contribution in [1.82, 2.24) is 0 Å². The van der Waals surface area contributed by atoms with E-state index in [0.29, 0.717) is 19.3 Å². The zero-order chi connectivity index (χ0) is 40.8. The van der Waals surface area contributed by atoms with Crippen LogP contribution in [0.2, 0.25) is 0 Å². The molecule has 0 radical (unpaired) electrons. The molecule has 0 heterocycles. The number of carbonyl (C=O) groups is 3. The lowest BCUT2D eigenvalue weighted by Gasteiger charge is -2.18. The van der Waals surface area contributed by atoms with E-state index in [1.165, 1.54) is 77.0 Å². The minimum Gasteiger partial charge on any atom is -0.462 e. The maximum atomic E-state index is 12.7. The van der Waals surface area contributed by atoms with Crippen molar-refractivity contribution in [2.24, 2.45) is 0 Å². The van der Waals surface area contributed by atoms with Gasteiger partial charge in [-0.25, -0.2) is 0 Å². The summed E-state index contributed by atoms with van der Waals surface area (Å²) in [7, 11) is 0. The van der Waals surface area contributed by atoms with Crippen molar-refractivity contribution in [3.63, 3.8) is 0 Å². The van der Waals surface area contributed by atoms with Crippen LogP contribution in [-0.4, -0.2) is 37.2 Å². The van der Waals surface area contributed by atoms with E-state index in [4.69, 9.17) is 14.2 Å². The minimum absolute atomic E-state index is 0.122. The van der Waals surface area contributed by atoms with Crippen LogP contribution in [0.3, 0.4) is 0 Å². The lowest BCUT2D eigenvalue weighted by atomic mass is 10.1. The first-order valence-corrected chi connectivity index (χ1v) is 22.6. The molecule has 0 amide bonds. The highest BCUT2D eigenvalue weighted by molar-refractivity contribution is 5.71. The molecule has 0 aromatic rings. The van der Waals surface area contributed by atoms with Gasteiger partial charge in [0.2, 0.25) is 0 Å². The van der Waals surface area contributed by atoms with Crippen molar-refractivity contribution in [3.8, 4) is 0 Å². The average Bonchev–Trinajstić information content (AvgIpc) is 3.19. The number of rotatable bonds is 39. The molecule has 0 aliphatic heterocycles. The summed E-state index contributed by atoms with van der Waals surface area (Å²) in [6, 6.07) is 0. The minimum atomic E-state index is -0.832. The van der Waals surface area contributed by atoms with E-state index in [-0.39, 0.29) is 38.0 Å². The molecule has 0 fully saturated rings. The van der Waals surface area contributed by atoms with Crippen LogP contribution in [0, 0.1) is 0 Å². The molecule has 0 aromatic heterocycles. The smallest absolute Gasteiger partial charge is 0.306 e. The van der Waals surface area contributed by atoms with E-state index < -0.39 is 12.1 Å². The Kier molecular flexibility index (Phi) is 41.6. The van der Waals surface area contributed by atoms with E-state index in [0.717, 1.165) is 64.2 Å². The predicted octanol–water partition coefficient (Wildman–Crippen LogP) is 14.5. The second-order valence-corrected chi connectivity index (χ2v) is 14.6.